The van der Waals surface area contributed by atoms with Crippen LogP contribution in [0.25, 0.3) is 0 Å². The van der Waals surface area contributed by atoms with Crippen molar-refractivity contribution in [2.75, 3.05) is 0 Å². The zero-order valence-electron chi connectivity index (χ0n) is 12.1. The number of nitrogens with one attached hydrogen (secondary N) is 1. The normalized spacial score (nSPS) is 11.1. The van der Waals surface area contributed by atoms with E-state index in [0.717, 1.165) is 6.07 Å². The van der Waals surface area contributed by atoms with Gasteiger partial charge in [-0.3, -0.25) is 14.9 Å². The van der Waals surface area contributed by atoms with Crippen molar-refractivity contribution >= 4 is 17.3 Å². The van der Waals surface area contributed by atoms with Gasteiger partial charge in [-0.2, -0.15) is 5.10 Å². The number of aromatic hydroxyl groups is 2. The van der Waals surface area contributed by atoms with E-state index in [1.807, 2.05) is 0 Å². The zero-order valence-corrected chi connectivity index (χ0v) is 12.1. The molecule has 0 fully saturated rings. The molecule has 0 aromatic heterocycles. The summed E-state index contributed by atoms with van der Waals surface area (Å²) in [6, 6.07) is 9.39. The molecule has 8 heteroatoms. The number of carbonyl (C=O) groups excluding carboxylic acids is 1. The lowest BCUT2D eigenvalue weighted by molar-refractivity contribution is -0.384. The van der Waals surface area contributed by atoms with Crippen LogP contribution in [0.1, 0.15) is 22.8 Å². The molecule has 0 radical (unpaired) electrons. The van der Waals surface area contributed by atoms with Crippen LogP contribution in [0, 0.1) is 10.1 Å². The first-order valence-corrected chi connectivity index (χ1v) is 6.50. The van der Waals surface area contributed by atoms with Crippen LogP contribution in [0.4, 0.5) is 5.69 Å². The number of nitrogens with zero attached hydrogens (tertiary/aromatic N) is 2. The second-order valence-electron chi connectivity index (χ2n) is 4.62. The van der Waals surface area contributed by atoms with Gasteiger partial charge in [0.2, 0.25) is 0 Å². The third-order valence-electron chi connectivity index (χ3n) is 3.03. The lowest BCUT2D eigenvalue weighted by Gasteiger charge is -2.07. The van der Waals surface area contributed by atoms with Crippen molar-refractivity contribution in [2.24, 2.45) is 5.10 Å². The molecular weight excluding hydrogens is 302 g/mol. The fourth-order valence-corrected chi connectivity index (χ4v) is 1.91. The van der Waals surface area contributed by atoms with E-state index in [2.05, 4.69) is 10.5 Å². The van der Waals surface area contributed by atoms with E-state index in [-0.39, 0.29) is 34.0 Å². The number of hydrogen-bond acceptors (Lipinski definition) is 6. The molecule has 0 aliphatic carbocycles. The van der Waals surface area contributed by atoms with Gasteiger partial charge < -0.3 is 10.2 Å². The molecule has 0 spiro atoms. The van der Waals surface area contributed by atoms with Gasteiger partial charge in [0.05, 0.1) is 16.2 Å². The molecule has 0 saturated heterocycles. The SMILES string of the molecule is C/C(=N/NC(=O)c1cccc([N+](=O)[O-])c1)c1c(O)cccc1O. The number of phenolic OH excluding ortho intramolecular Hbond substituents is 2. The van der Waals surface area contributed by atoms with Crippen LogP contribution in [-0.2, 0) is 0 Å². The minimum Gasteiger partial charge on any atom is -0.507 e. The number of amides is 1. The Labute approximate surface area is 130 Å². The summed E-state index contributed by atoms with van der Waals surface area (Å²) in [6.45, 7) is 1.49. The maximum Gasteiger partial charge on any atom is 0.271 e. The van der Waals surface area contributed by atoms with Gasteiger partial charge in [-0.1, -0.05) is 12.1 Å². The largest absolute Gasteiger partial charge is 0.507 e. The van der Waals surface area contributed by atoms with Gasteiger partial charge in [-0.25, -0.2) is 5.43 Å². The fraction of sp³-hybridized carbons (Fsp3) is 0.0667. The molecule has 0 aliphatic heterocycles. The van der Waals surface area contributed by atoms with E-state index < -0.39 is 10.8 Å². The smallest absolute Gasteiger partial charge is 0.271 e. The third-order valence-corrected chi connectivity index (χ3v) is 3.03. The van der Waals surface area contributed by atoms with Crippen LogP contribution in [0.15, 0.2) is 47.6 Å². The summed E-state index contributed by atoms with van der Waals surface area (Å²) in [4.78, 5) is 22.0. The third kappa shape index (κ3) is 3.62. The number of nitro groups is 1. The highest BCUT2D eigenvalue weighted by molar-refractivity contribution is 6.04. The lowest BCUT2D eigenvalue weighted by Crippen LogP contribution is -2.19. The van der Waals surface area contributed by atoms with E-state index in [1.165, 1.54) is 43.3 Å². The first-order chi connectivity index (χ1) is 10.9. The molecule has 0 saturated carbocycles. The van der Waals surface area contributed by atoms with Gasteiger partial charge in [-0.15, -0.1) is 0 Å². The maximum atomic E-state index is 12.0. The van der Waals surface area contributed by atoms with Gasteiger partial charge >= 0.3 is 0 Å². The molecule has 0 bridgehead atoms. The standard InChI is InChI=1S/C15H13N3O5/c1-9(14-12(19)6-3-7-13(14)20)16-17-15(21)10-4-2-5-11(8-10)18(22)23/h2-8,19-20H,1H3,(H,17,21)/b16-9-. The van der Waals surface area contributed by atoms with Crippen molar-refractivity contribution in [2.45, 2.75) is 6.92 Å². The molecule has 0 aliphatic rings. The highest BCUT2D eigenvalue weighted by Gasteiger charge is 2.13. The fourth-order valence-electron chi connectivity index (χ4n) is 1.91. The molecular formula is C15H13N3O5. The van der Waals surface area contributed by atoms with Crippen LogP contribution >= 0.6 is 0 Å². The highest BCUT2D eigenvalue weighted by Crippen LogP contribution is 2.26. The number of hydrogen-bond donors (Lipinski definition) is 3. The lowest BCUT2D eigenvalue weighted by atomic mass is 10.1. The van der Waals surface area contributed by atoms with Crippen molar-refractivity contribution < 1.29 is 19.9 Å². The quantitative estimate of drug-likeness (QED) is 0.453. The molecule has 2 rings (SSSR count). The molecule has 0 atom stereocenters. The van der Waals surface area contributed by atoms with E-state index >= 15 is 0 Å². The van der Waals surface area contributed by atoms with Crippen LogP contribution < -0.4 is 5.43 Å². The first kappa shape index (κ1) is 16.0. The average Bonchev–Trinajstić information content (AvgIpc) is 2.52. The molecule has 2 aromatic rings. The Bertz CT molecular complexity index is 781. The number of carbonyl (C=O) groups is 1. The minimum absolute atomic E-state index is 0.0669. The van der Waals surface area contributed by atoms with Crippen molar-refractivity contribution in [3.8, 4) is 11.5 Å². The van der Waals surface area contributed by atoms with Crippen LogP contribution in [0.2, 0.25) is 0 Å². The molecule has 0 heterocycles. The number of rotatable bonds is 4. The highest BCUT2D eigenvalue weighted by atomic mass is 16.6. The van der Waals surface area contributed by atoms with Gasteiger partial charge in [0.1, 0.15) is 11.5 Å². The Hall–Kier alpha value is -3.42. The summed E-state index contributed by atoms with van der Waals surface area (Å²) in [5.74, 6) is -1.02. The van der Waals surface area contributed by atoms with E-state index in [1.54, 1.807) is 0 Å². The predicted molar refractivity (Wildman–Crippen MR) is 82.5 cm³/mol. The maximum absolute atomic E-state index is 12.0. The molecule has 118 valence electrons. The van der Waals surface area contributed by atoms with Crippen molar-refractivity contribution in [1.82, 2.24) is 5.43 Å². The number of hydrazone groups is 1. The van der Waals surface area contributed by atoms with E-state index in [4.69, 9.17) is 0 Å². The zero-order chi connectivity index (χ0) is 17.0. The minimum atomic E-state index is -0.650. The summed E-state index contributed by atoms with van der Waals surface area (Å²) in [6.07, 6.45) is 0. The molecule has 1 amide bonds. The Morgan fingerprint density at radius 2 is 1.78 bits per heavy atom. The predicted octanol–water partition coefficient (Wildman–Crippen LogP) is 2.16. The first-order valence-electron chi connectivity index (χ1n) is 6.50. The van der Waals surface area contributed by atoms with Crippen molar-refractivity contribution in [3.05, 3.63) is 63.7 Å². The molecule has 3 N–H and O–H groups in total. The molecule has 0 unspecified atom stereocenters. The van der Waals surface area contributed by atoms with Gasteiger partial charge in [0.15, 0.2) is 0 Å². The summed E-state index contributed by atoms with van der Waals surface area (Å²) >= 11 is 0. The van der Waals surface area contributed by atoms with Crippen molar-refractivity contribution in [3.63, 3.8) is 0 Å². The monoisotopic (exact) mass is 315 g/mol. The second kappa shape index (κ2) is 6.56. The molecule has 8 nitrogen and oxygen atoms in total. The van der Waals surface area contributed by atoms with Gasteiger partial charge in [0.25, 0.3) is 11.6 Å². The summed E-state index contributed by atoms with van der Waals surface area (Å²) in [5.41, 5.74) is 2.35. The molecule has 23 heavy (non-hydrogen) atoms. The summed E-state index contributed by atoms with van der Waals surface area (Å²) in [5, 5.41) is 33.9. The summed E-state index contributed by atoms with van der Waals surface area (Å²) in [7, 11) is 0. The molecule has 2 aromatic carbocycles. The number of nitro benzene ring substituents is 1. The van der Waals surface area contributed by atoms with Gasteiger partial charge in [-0.05, 0) is 25.1 Å². The number of phenols is 2. The second-order valence-corrected chi connectivity index (χ2v) is 4.62. The van der Waals surface area contributed by atoms with Gasteiger partial charge in [0, 0.05) is 17.7 Å². The Kier molecular flexibility index (Phi) is 4.55. The van der Waals surface area contributed by atoms with E-state index in [0.29, 0.717) is 0 Å². The average molecular weight is 315 g/mol. The van der Waals surface area contributed by atoms with Crippen LogP contribution in [0.5, 0.6) is 11.5 Å². The Morgan fingerprint density at radius 3 is 2.39 bits per heavy atom. The number of non-ortho nitro benzene ring substituents is 1. The van der Waals surface area contributed by atoms with Crippen molar-refractivity contribution in [1.29, 1.82) is 0 Å². The summed E-state index contributed by atoms with van der Waals surface area (Å²) < 4.78 is 0. The van der Waals surface area contributed by atoms with E-state index in [9.17, 15) is 25.1 Å². The Morgan fingerprint density at radius 1 is 1.17 bits per heavy atom. The van der Waals surface area contributed by atoms with Crippen LogP contribution in [0.3, 0.4) is 0 Å². The van der Waals surface area contributed by atoms with Crippen LogP contribution in [-0.4, -0.2) is 26.8 Å². The Balaban J connectivity index is 2.21. The number of benzene rings is 2. The topological polar surface area (TPSA) is 125 Å².